The molecule has 0 spiro atoms. The number of aliphatic imine (C=N–C) groups is 2. The van der Waals surface area contributed by atoms with Crippen molar-refractivity contribution in [2.75, 3.05) is 14.1 Å². The van der Waals surface area contributed by atoms with E-state index >= 15 is 0 Å². The van der Waals surface area contributed by atoms with Crippen LogP contribution in [0.3, 0.4) is 0 Å². The molecule has 0 saturated carbocycles. The molecule has 6 N–H and O–H groups in total. The number of nitrogens with two attached hydrogens (primary N) is 3. The van der Waals surface area contributed by atoms with Crippen LogP contribution in [0.25, 0.3) is 0 Å². The molecule has 1 amide bonds. The molecule has 0 aliphatic heterocycles. The highest BCUT2D eigenvalue weighted by Crippen LogP contribution is 1.94. The highest BCUT2D eigenvalue weighted by molar-refractivity contribution is 5.94. The third-order valence-electron chi connectivity index (χ3n) is 1.37. The van der Waals surface area contributed by atoms with Gasteiger partial charge in [0, 0.05) is 14.1 Å². The van der Waals surface area contributed by atoms with Crippen molar-refractivity contribution < 1.29 is 4.79 Å². The number of hydrogen-bond acceptors (Lipinski definition) is 2. The lowest BCUT2D eigenvalue weighted by Crippen LogP contribution is -2.33. The molecular weight excluding hydrogens is 184 g/mol. The normalized spacial score (nSPS) is 13.2. The van der Waals surface area contributed by atoms with E-state index in [1.54, 1.807) is 21.0 Å². The van der Waals surface area contributed by atoms with Crippen molar-refractivity contribution in [2.24, 2.45) is 27.2 Å². The van der Waals surface area contributed by atoms with Crippen molar-refractivity contribution in [3.05, 3.63) is 0 Å². The van der Waals surface area contributed by atoms with E-state index in [0.717, 1.165) is 0 Å². The van der Waals surface area contributed by atoms with Crippen molar-refractivity contribution >= 4 is 17.8 Å². The van der Waals surface area contributed by atoms with Gasteiger partial charge in [-0.3, -0.25) is 4.79 Å². The molecular formula is C7H16N6O. The molecule has 0 radical (unpaired) electrons. The molecule has 0 aliphatic rings. The minimum absolute atomic E-state index is 0.104. The fraction of sp³-hybridized carbons (Fsp3) is 0.571. The number of carbonyl (C=O) groups excluding carboxylic acids is 1. The SMILES string of the molecule is CC(N=C(N)N=C(N)N)C(=O)N(C)C. The largest absolute Gasteiger partial charge is 0.370 e. The first-order valence-corrected chi connectivity index (χ1v) is 3.98. The van der Waals surface area contributed by atoms with Gasteiger partial charge in [-0.25, -0.2) is 4.99 Å². The van der Waals surface area contributed by atoms with Gasteiger partial charge in [-0.1, -0.05) is 0 Å². The van der Waals surface area contributed by atoms with Crippen molar-refractivity contribution in [2.45, 2.75) is 13.0 Å². The Hall–Kier alpha value is -1.79. The Morgan fingerprint density at radius 3 is 2.14 bits per heavy atom. The molecule has 0 fully saturated rings. The van der Waals surface area contributed by atoms with Crippen LogP contribution in [-0.2, 0) is 4.79 Å². The zero-order valence-electron chi connectivity index (χ0n) is 8.56. The summed E-state index contributed by atoms with van der Waals surface area (Å²) in [5.74, 6) is -0.456. The fourth-order valence-electron chi connectivity index (χ4n) is 0.788. The number of guanidine groups is 2. The topological polar surface area (TPSA) is 123 Å². The van der Waals surface area contributed by atoms with Crippen LogP contribution < -0.4 is 17.2 Å². The Morgan fingerprint density at radius 1 is 1.29 bits per heavy atom. The summed E-state index contributed by atoms with van der Waals surface area (Å²) >= 11 is 0. The van der Waals surface area contributed by atoms with Gasteiger partial charge >= 0.3 is 0 Å². The average molecular weight is 200 g/mol. The van der Waals surface area contributed by atoms with Gasteiger partial charge in [0.2, 0.25) is 11.9 Å². The predicted molar refractivity (Wildman–Crippen MR) is 55.6 cm³/mol. The minimum atomic E-state index is -0.590. The smallest absolute Gasteiger partial charge is 0.246 e. The zero-order chi connectivity index (χ0) is 11.3. The van der Waals surface area contributed by atoms with Gasteiger partial charge in [-0.15, -0.1) is 0 Å². The highest BCUT2D eigenvalue weighted by atomic mass is 16.2. The lowest BCUT2D eigenvalue weighted by molar-refractivity contribution is -0.129. The van der Waals surface area contributed by atoms with E-state index in [2.05, 4.69) is 9.98 Å². The van der Waals surface area contributed by atoms with Crippen LogP contribution in [0.15, 0.2) is 9.98 Å². The first-order valence-electron chi connectivity index (χ1n) is 3.98. The number of nitrogens with zero attached hydrogens (tertiary/aromatic N) is 3. The summed E-state index contributed by atoms with van der Waals surface area (Å²) in [6.45, 7) is 1.61. The van der Waals surface area contributed by atoms with Gasteiger partial charge in [-0.05, 0) is 6.92 Å². The molecule has 1 unspecified atom stereocenters. The van der Waals surface area contributed by atoms with Crippen molar-refractivity contribution in [1.29, 1.82) is 0 Å². The van der Waals surface area contributed by atoms with E-state index in [9.17, 15) is 4.79 Å². The summed E-state index contributed by atoms with van der Waals surface area (Å²) in [6, 6.07) is -0.590. The molecule has 0 rings (SSSR count). The van der Waals surface area contributed by atoms with Gasteiger partial charge in [-0.2, -0.15) is 4.99 Å². The third kappa shape index (κ3) is 4.29. The minimum Gasteiger partial charge on any atom is -0.370 e. The number of amides is 1. The number of hydrogen-bond donors (Lipinski definition) is 3. The molecule has 0 aromatic carbocycles. The molecule has 80 valence electrons. The Labute approximate surface area is 82.7 Å². The number of rotatable bonds is 2. The number of carbonyl (C=O) groups is 1. The third-order valence-corrected chi connectivity index (χ3v) is 1.37. The van der Waals surface area contributed by atoms with Crippen LogP contribution in [0.2, 0.25) is 0 Å². The maximum atomic E-state index is 11.3. The summed E-state index contributed by atoms with van der Waals surface area (Å²) in [6.07, 6.45) is 0. The van der Waals surface area contributed by atoms with E-state index in [1.807, 2.05) is 0 Å². The van der Waals surface area contributed by atoms with Crippen LogP contribution in [0.5, 0.6) is 0 Å². The first-order chi connectivity index (χ1) is 6.34. The molecule has 0 aromatic rings. The Balaban J connectivity index is 4.51. The summed E-state index contributed by atoms with van der Waals surface area (Å²) in [7, 11) is 3.26. The van der Waals surface area contributed by atoms with Crippen LogP contribution in [0.4, 0.5) is 0 Å². The van der Waals surface area contributed by atoms with Crippen molar-refractivity contribution in [3.8, 4) is 0 Å². The van der Waals surface area contributed by atoms with E-state index in [1.165, 1.54) is 4.90 Å². The molecule has 1 atom stereocenters. The standard InChI is InChI=1S/C7H16N6O/c1-4(5(14)13(2)3)11-7(10)12-6(8)9/h4H,1-3H3,(H6,8,9,10,11,12). The van der Waals surface area contributed by atoms with Gasteiger partial charge in [0.1, 0.15) is 6.04 Å². The maximum absolute atomic E-state index is 11.3. The fourth-order valence-corrected chi connectivity index (χ4v) is 0.788. The lowest BCUT2D eigenvalue weighted by Gasteiger charge is -2.13. The molecule has 0 heterocycles. The molecule has 0 saturated heterocycles. The van der Waals surface area contributed by atoms with E-state index < -0.39 is 6.04 Å². The Bertz CT molecular complexity index is 265. The molecule has 0 bridgehead atoms. The van der Waals surface area contributed by atoms with Crippen LogP contribution in [-0.4, -0.2) is 42.9 Å². The van der Waals surface area contributed by atoms with Gasteiger partial charge in [0.25, 0.3) is 0 Å². The summed E-state index contributed by atoms with van der Waals surface area (Å²) in [5.41, 5.74) is 15.5. The summed E-state index contributed by atoms with van der Waals surface area (Å²) in [5, 5.41) is 0. The quantitative estimate of drug-likeness (QED) is 0.354. The second-order valence-corrected chi connectivity index (χ2v) is 2.93. The lowest BCUT2D eigenvalue weighted by atomic mass is 10.3. The molecule has 0 aliphatic carbocycles. The van der Waals surface area contributed by atoms with Crippen LogP contribution in [0, 0.1) is 0 Å². The summed E-state index contributed by atoms with van der Waals surface area (Å²) in [4.78, 5) is 20.0. The highest BCUT2D eigenvalue weighted by Gasteiger charge is 2.13. The second kappa shape index (κ2) is 5.05. The Morgan fingerprint density at radius 2 is 1.79 bits per heavy atom. The first kappa shape index (κ1) is 12.2. The van der Waals surface area contributed by atoms with E-state index in [-0.39, 0.29) is 17.8 Å². The van der Waals surface area contributed by atoms with E-state index in [0.29, 0.717) is 0 Å². The van der Waals surface area contributed by atoms with Crippen LogP contribution >= 0.6 is 0 Å². The monoisotopic (exact) mass is 200 g/mol. The van der Waals surface area contributed by atoms with Crippen molar-refractivity contribution in [1.82, 2.24) is 4.90 Å². The second-order valence-electron chi connectivity index (χ2n) is 2.93. The van der Waals surface area contributed by atoms with Crippen molar-refractivity contribution in [3.63, 3.8) is 0 Å². The molecule has 14 heavy (non-hydrogen) atoms. The zero-order valence-corrected chi connectivity index (χ0v) is 8.56. The average Bonchev–Trinajstić information content (AvgIpc) is 2.00. The predicted octanol–water partition coefficient (Wildman–Crippen LogP) is -1.95. The van der Waals surface area contributed by atoms with Gasteiger partial charge in [0.15, 0.2) is 5.96 Å². The van der Waals surface area contributed by atoms with Crippen LogP contribution in [0.1, 0.15) is 6.92 Å². The molecule has 0 aromatic heterocycles. The maximum Gasteiger partial charge on any atom is 0.246 e. The number of likely N-dealkylation sites (N-methyl/N-ethyl adjacent to an activating group) is 1. The summed E-state index contributed by atoms with van der Waals surface area (Å²) < 4.78 is 0. The van der Waals surface area contributed by atoms with E-state index in [4.69, 9.17) is 17.2 Å². The molecule has 7 heteroatoms. The Kier molecular flexibility index (Phi) is 4.41. The van der Waals surface area contributed by atoms with Gasteiger partial charge < -0.3 is 22.1 Å². The van der Waals surface area contributed by atoms with Gasteiger partial charge in [0.05, 0.1) is 0 Å². The molecule has 7 nitrogen and oxygen atoms in total.